The van der Waals surface area contributed by atoms with E-state index >= 15 is 0 Å². The minimum atomic E-state index is -0.451. The first-order valence-corrected chi connectivity index (χ1v) is 7.23. The van der Waals surface area contributed by atoms with Crippen LogP contribution >= 0.6 is 0 Å². The number of hydrogen-bond acceptors (Lipinski definition) is 4. The van der Waals surface area contributed by atoms with Gasteiger partial charge in [0.1, 0.15) is 6.61 Å². The molecule has 1 amide bonds. The highest BCUT2D eigenvalue weighted by Gasteiger charge is 2.00. The predicted octanol–water partition coefficient (Wildman–Crippen LogP) is 2.52. The topological polar surface area (TPSA) is 90.4 Å². The smallest absolute Gasteiger partial charge is 0.407 e. The molecule has 0 fully saturated rings. The maximum absolute atomic E-state index is 11.5. The summed E-state index contributed by atoms with van der Waals surface area (Å²) in [5.74, 6) is 5.93. The lowest BCUT2D eigenvalue weighted by molar-refractivity contribution is 0.140. The third kappa shape index (κ3) is 5.64. The van der Waals surface area contributed by atoms with Gasteiger partial charge in [0.25, 0.3) is 0 Å². The van der Waals surface area contributed by atoms with Crippen LogP contribution in [-0.4, -0.2) is 12.6 Å². The highest BCUT2D eigenvalue weighted by atomic mass is 16.5. The molecule has 0 aliphatic rings. The number of benzene rings is 2. The lowest BCUT2D eigenvalue weighted by Gasteiger charge is -2.05. The van der Waals surface area contributed by atoms with Crippen molar-refractivity contribution in [1.82, 2.24) is 5.32 Å². The number of amides is 1. The third-order valence-corrected chi connectivity index (χ3v) is 3.05. The number of alkyl carbamates (subject to hydrolysis) is 1. The number of ether oxygens (including phenoxy) is 1. The van der Waals surface area contributed by atoms with E-state index in [2.05, 4.69) is 17.2 Å². The Hall–Kier alpha value is -3.13. The van der Waals surface area contributed by atoms with Crippen molar-refractivity contribution in [3.05, 3.63) is 59.7 Å². The zero-order valence-electron chi connectivity index (χ0n) is 12.7. The van der Waals surface area contributed by atoms with Gasteiger partial charge in [0.05, 0.1) is 11.4 Å². The molecule has 0 aromatic heterocycles. The Labute approximate surface area is 135 Å². The van der Waals surface area contributed by atoms with Gasteiger partial charge >= 0.3 is 6.09 Å². The van der Waals surface area contributed by atoms with Crippen molar-refractivity contribution >= 4 is 17.5 Å². The average Bonchev–Trinajstić information content (AvgIpc) is 2.57. The monoisotopic (exact) mass is 309 g/mol. The minimum Gasteiger partial charge on any atom is -0.445 e. The van der Waals surface area contributed by atoms with Crippen LogP contribution in [0.5, 0.6) is 0 Å². The van der Waals surface area contributed by atoms with Crippen LogP contribution in [0, 0.1) is 11.8 Å². The molecule has 0 aliphatic heterocycles. The van der Waals surface area contributed by atoms with Gasteiger partial charge in [0.2, 0.25) is 0 Å². The van der Waals surface area contributed by atoms with Gasteiger partial charge in [-0.25, -0.2) is 4.79 Å². The van der Waals surface area contributed by atoms with Gasteiger partial charge in [0, 0.05) is 18.5 Å². The number of carbonyl (C=O) groups excluding carboxylic acids is 1. The van der Waals surface area contributed by atoms with E-state index in [4.69, 9.17) is 16.2 Å². The third-order valence-electron chi connectivity index (χ3n) is 3.05. The Bertz CT molecular complexity index is 718. The van der Waals surface area contributed by atoms with E-state index in [1.165, 1.54) is 0 Å². The second-order valence-electron chi connectivity index (χ2n) is 4.88. The van der Waals surface area contributed by atoms with Crippen LogP contribution in [-0.2, 0) is 11.3 Å². The molecular formula is C18H19N3O2. The first-order chi connectivity index (χ1) is 11.1. The molecule has 0 aliphatic carbocycles. The summed E-state index contributed by atoms with van der Waals surface area (Å²) in [7, 11) is 0. The Kier molecular flexibility index (Phi) is 5.89. The van der Waals surface area contributed by atoms with Crippen molar-refractivity contribution in [1.29, 1.82) is 0 Å². The fourth-order valence-corrected chi connectivity index (χ4v) is 1.82. The number of nitrogen functional groups attached to an aromatic ring is 2. The second kappa shape index (κ2) is 8.35. The second-order valence-corrected chi connectivity index (χ2v) is 4.88. The number of anilines is 2. The molecule has 5 heteroatoms. The minimum absolute atomic E-state index is 0.253. The first-order valence-electron chi connectivity index (χ1n) is 7.23. The van der Waals surface area contributed by atoms with Crippen LogP contribution in [0.15, 0.2) is 48.5 Å². The summed E-state index contributed by atoms with van der Waals surface area (Å²) in [4.78, 5) is 11.5. The van der Waals surface area contributed by atoms with Gasteiger partial charge in [-0.05, 0) is 23.8 Å². The largest absolute Gasteiger partial charge is 0.445 e. The summed E-state index contributed by atoms with van der Waals surface area (Å²) in [6, 6.07) is 14.8. The number of nitrogens with two attached hydrogens (primary N) is 2. The van der Waals surface area contributed by atoms with E-state index in [1.54, 1.807) is 18.2 Å². The molecule has 0 atom stereocenters. The number of nitrogens with one attached hydrogen (secondary N) is 1. The van der Waals surface area contributed by atoms with Crippen LogP contribution in [0.4, 0.5) is 16.2 Å². The molecule has 0 spiro atoms. The van der Waals surface area contributed by atoms with E-state index in [-0.39, 0.29) is 6.61 Å². The van der Waals surface area contributed by atoms with Gasteiger partial charge in [-0.15, -0.1) is 0 Å². The predicted molar refractivity (Wildman–Crippen MR) is 91.4 cm³/mol. The SMILES string of the molecule is Nc1ccc(C#CCCNC(=O)OCc2ccccc2)cc1N. The van der Waals surface area contributed by atoms with Crippen molar-refractivity contribution in [2.75, 3.05) is 18.0 Å². The Morgan fingerprint density at radius 3 is 2.61 bits per heavy atom. The van der Waals surface area contributed by atoms with Crippen LogP contribution < -0.4 is 16.8 Å². The molecule has 0 saturated heterocycles. The van der Waals surface area contributed by atoms with Crippen LogP contribution in [0.1, 0.15) is 17.5 Å². The van der Waals surface area contributed by atoms with E-state index in [0.29, 0.717) is 24.3 Å². The van der Waals surface area contributed by atoms with Gasteiger partial charge in [-0.3, -0.25) is 0 Å². The number of carbonyl (C=O) groups is 1. The van der Waals surface area contributed by atoms with Crippen LogP contribution in [0.25, 0.3) is 0 Å². The summed E-state index contributed by atoms with van der Waals surface area (Å²) in [6.07, 6.45) is 0.0671. The zero-order chi connectivity index (χ0) is 16.5. The maximum atomic E-state index is 11.5. The molecule has 0 bridgehead atoms. The molecule has 118 valence electrons. The van der Waals surface area contributed by atoms with Crippen LogP contribution in [0.3, 0.4) is 0 Å². The summed E-state index contributed by atoms with van der Waals surface area (Å²) in [6.45, 7) is 0.675. The highest BCUT2D eigenvalue weighted by Crippen LogP contribution is 2.14. The molecule has 2 aromatic rings. The molecule has 0 saturated carbocycles. The quantitative estimate of drug-likeness (QED) is 0.460. The summed E-state index contributed by atoms with van der Waals surface area (Å²) in [5, 5.41) is 2.65. The van der Waals surface area contributed by atoms with E-state index in [1.807, 2.05) is 30.3 Å². The van der Waals surface area contributed by atoms with Crippen LogP contribution in [0.2, 0.25) is 0 Å². The van der Waals surface area contributed by atoms with Gasteiger partial charge in [-0.2, -0.15) is 0 Å². The fourth-order valence-electron chi connectivity index (χ4n) is 1.82. The molecule has 0 unspecified atom stereocenters. The lowest BCUT2D eigenvalue weighted by Crippen LogP contribution is -2.24. The Morgan fingerprint density at radius 2 is 1.87 bits per heavy atom. The molecule has 0 radical (unpaired) electrons. The van der Waals surface area contributed by atoms with E-state index in [9.17, 15) is 4.79 Å². The van der Waals surface area contributed by atoms with Gasteiger partial charge < -0.3 is 21.5 Å². The Balaban J connectivity index is 1.68. The average molecular weight is 309 g/mol. The molecule has 2 aromatic carbocycles. The van der Waals surface area contributed by atoms with Gasteiger partial charge in [-0.1, -0.05) is 42.2 Å². The highest BCUT2D eigenvalue weighted by molar-refractivity contribution is 5.67. The lowest BCUT2D eigenvalue weighted by atomic mass is 10.2. The van der Waals surface area contributed by atoms with Crippen molar-refractivity contribution in [3.8, 4) is 11.8 Å². The van der Waals surface area contributed by atoms with Crippen molar-refractivity contribution < 1.29 is 9.53 Å². The normalized spacial score (nSPS) is 9.57. The molecule has 5 N–H and O–H groups in total. The van der Waals surface area contributed by atoms with E-state index < -0.39 is 6.09 Å². The maximum Gasteiger partial charge on any atom is 0.407 e. The number of hydrogen-bond donors (Lipinski definition) is 3. The Morgan fingerprint density at radius 1 is 1.09 bits per heavy atom. The number of rotatable bonds is 4. The van der Waals surface area contributed by atoms with Crippen molar-refractivity contribution in [2.24, 2.45) is 0 Å². The summed E-state index contributed by atoms with van der Waals surface area (Å²) in [5.41, 5.74) is 14.1. The first kappa shape index (κ1) is 16.2. The summed E-state index contributed by atoms with van der Waals surface area (Å²) >= 11 is 0. The van der Waals surface area contributed by atoms with Gasteiger partial charge in [0.15, 0.2) is 0 Å². The van der Waals surface area contributed by atoms with Crippen molar-refractivity contribution in [3.63, 3.8) is 0 Å². The molecular weight excluding hydrogens is 290 g/mol. The van der Waals surface area contributed by atoms with Crippen molar-refractivity contribution in [2.45, 2.75) is 13.0 Å². The standard InChI is InChI=1S/C18H19N3O2/c19-16-10-9-14(12-17(16)20)6-4-5-11-21-18(22)23-13-15-7-2-1-3-8-15/h1-3,7-10,12H,5,11,13,19-20H2,(H,21,22). The van der Waals surface area contributed by atoms with E-state index in [0.717, 1.165) is 11.1 Å². The molecule has 0 heterocycles. The fraction of sp³-hybridized carbons (Fsp3) is 0.167. The molecule has 2 rings (SSSR count). The summed E-state index contributed by atoms with van der Waals surface area (Å²) < 4.78 is 5.09. The zero-order valence-corrected chi connectivity index (χ0v) is 12.7. The molecule has 23 heavy (non-hydrogen) atoms. The molecule has 5 nitrogen and oxygen atoms in total.